The third-order valence-electron chi connectivity index (χ3n) is 6.92. The molecule has 2 aliphatic rings. The van der Waals surface area contributed by atoms with Crippen molar-refractivity contribution in [1.82, 2.24) is 10.2 Å². The summed E-state index contributed by atoms with van der Waals surface area (Å²) in [6, 6.07) is 23.6. The molecule has 0 N–H and O–H groups in total. The summed E-state index contributed by atoms with van der Waals surface area (Å²) in [4.78, 5) is 45.7. The van der Waals surface area contributed by atoms with Crippen molar-refractivity contribution in [1.29, 1.82) is 0 Å². The van der Waals surface area contributed by atoms with Crippen molar-refractivity contribution in [2.45, 2.75) is 19.0 Å². The van der Waals surface area contributed by atoms with Gasteiger partial charge >= 0.3 is 0 Å². The Morgan fingerprint density at radius 3 is 2.41 bits per heavy atom. The smallest absolute Gasteiger partial charge is 0.297 e. The molecule has 1 unspecified atom stereocenters. The van der Waals surface area contributed by atoms with Crippen LogP contribution in [0.4, 0.5) is 10.8 Å². The number of carbonyl (C=O) groups is 2. The van der Waals surface area contributed by atoms with Gasteiger partial charge in [-0.2, -0.15) is 0 Å². The number of rotatable bonds is 3. The number of nitrogens with zero attached hydrogens (tertiary/aromatic N) is 4. The number of hydrogen-bond acceptors (Lipinski definition) is 7. The van der Waals surface area contributed by atoms with Crippen LogP contribution in [0.3, 0.4) is 0 Å². The molecule has 0 saturated carbocycles. The van der Waals surface area contributed by atoms with Gasteiger partial charge in [-0.3, -0.25) is 19.3 Å². The van der Waals surface area contributed by atoms with Crippen LogP contribution in [-0.2, 0) is 16.9 Å². The van der Waals surface area contributed by atoms with E-state index in [1.165, 1.54) is 16.2 Å². The number of carbonyl (C=O) groups excluding carboxylic acids is 2. The molecule has 9 heteroatoms. The number of fused-ring (bicyclic) bond motifs is 5. The van der Waals surface area contributed by atoms with Crippen LogP contribution in [-0.4, -0.2) is 22.0 Å². The molecule has 180 valence electrons. The highest BCUT2D eigenvalue weighted by Gasteiger charge is 2.66. The monoisotopic (exact) mass is 506 g/mol. The largest absolute Gasteiger partial charge is 0.450 e. The molecule has 7 rings (SSSR count). The van der Waals surface area contributed by atoms with Crippen LogP contribution in [0.2, 0.25) is 0 Å². The third kappa shape index (κ3) is 2.80. The van der Waals surface area contributed by atoms with Gasteiger partial charge in [0, 0.05) is 5.56 Å². The minimum Gasteiger partial charge on any atom is -0.450 e. The van der Waals surface area contributed by atoms with Gasteiger partial charge in [0.2, 0.25) is 10.9 Å². The molecule has 8 nitrogen and oxygen atoms in total. The molecule has 0 fully saturated rings. The van der Waals surface area contributed by atoms with Gasteiger partial charge in [-0.1, -0.05) is 72.0 Å². The number of benzene rings is 3. The first kappa shape index (κ1) is 21.6. The summed E-state index contributed by atoms with van der Waals surface area (Å²) in [7, 11) is 0. The molecule has 37 heavy (non-hydrogen) atoms. The third-order valence-corrected chi connectivity index (χ3v) is 7.75. The van der Waals surface area contributed by atoms with E-state index in [1.807, 2.05) is 42.5 Å². The number of hydrogen-bond donors (Lipinski definition) is 0. The van der Waals surface area contributed by atoms with E-state index in [9.17, 15) is 14.4 Å². The van der Waals surface area contributed by atoms with Gasteiger partial charge in [-0.15, -0.1) is 10.2 Å². The maximum absolute atomic E-state index is 14.7. The van der Waals surface area contributed by atoms with Crippen molar-refractivity contribution in [3.05, 3.63) is 117 Å². The zero-order chi connectivity index (χ0) is 25.3. The minimum atomic E-state index is -1.77. The van der Waals surface area contributed by atoms with Gasteiger partial charge in [-0.25, -0.2) is 0 Å². The zero-order valence-corrected chi connectivity index (χ0v) is 20.4. The average molecular weight is 507 g/mol. The first-order chi connectivity index (χ1) is 18.0. The Labute approximate surface area is 214 Å². The van der Waals surface area contributed by atoms with Crippen LogP contribution in [0.15, 0.2) is 88.1 Å². The number of aryl methyl sites for hydroxylation is 1. The number of aromatic nitrogens is 2. The Bertz CT molecular complexity index is 1810. The fraction of sp³-hybridized carbons (Fsp3) is 0.107. The minimum absolute atomic E-state index is 0.0112. The van der Waals surface area contributed by atoms with Crippen molar-refractivity contribution in [2.24, 2.45) is 0 Å². The van der Waals surface area contributed by atoms with E-state index in [0.717, 1.165) is 5.56 Å². The SMILES string of the molecule is Cc1nnc(N2C(=O)c3oc4ccccc4c(=O)c3C23C(=O)N(Cc2ccccc2)c2ccccc23)s1. The number of anilines is 2. The molecule has 0 radical (unpaired) electrons. The molecule has 2 amide bonds. The highest BCUT2D eigenvalue weighted by atomic mass is 32.1. The molecule has 0 saturated heterocycles. The van der Waals surface area contributed by atoms with Crippen LogP contribution in [0, 0.1) is 6.92 Å². The molecule has 4 heterocycles. The maximum atomic E-state index is 14.7. The van der Waals surface area contributed by atoms with Crippen molar-refractivity contribution in [3.8, 4) is 0 Å². The lowest BCUT2D eigenvalue weighted by Gasteiger charge is -2.32. The van der Waals surface area contributed by atoms with E-state index in [1.54, 1.807) is 48.2 Å². The molecule has 2 aliphatic heterocycles. The lowest BCUT2D eigenvalue weighted by atomic mass is 9.84. The van der Waals surface area contributed by atoms with Gasteiger partial charge in [-0.05, 0) is 30.7 Å². The molecular weight excluding hydrogens is 488 g/mol. The number of para-hydroxylation sites is 2. The average Bonchev–Trinajstić information content (AvgIpc) is 3.53. The van der Waals surface area contributed by atoms with E-state index < -0.39 is 22.8 Å². The first-order valence-electron chi connectivity index (χ1n) is 11.7. The van der Waals surface area contributed by atoms with E-state index in [0.29, 0.717) is 21.6 Å². The van der Waals surface area contributed by atoms with E-state index >= 15 is 0 Å². The molecule has 1 atom stereocenters. The zero-order valence-electron chi connectivity index (χ0n) is 19.5. The Balaban J connectivity index is 1.58. The summed E-state index contributed by atoms with van der Waals surface area (Å²) in [6.07, 6.45) is 0. The number of amides is 2. The van der Waals surface area contributed by atoms with Crippen molar-refractivity contribution in [3.63, 3.8) is 0 Å². The molecular formula is C28H18N4O4S. The van der Waals surface area contributed by atoms with Crippen LogP contribution >= 0.6 is 11.3 Å². The van der Waals surface area contributed by atoms with Crippen molar-refractivity contribution >= 4 is 44.9 Å². The van der Waals surface area contributed by atoms with Crippen molar-refractivity contribution in [2.75, 3.05) is 9.80 Å². The van der Waals surface area contributed by atoms with Crippen LogP contribution in [0.25, 0.3) is 11.0 Å². The van der Waals surface area contributed by atoms with Crippen LogP contribution < -0.4 is 15.2 Å². The summed E-state index contributed by atoms with van der Waals surface area (Å²) in [6.45, 7) is 2.04. The van der Waals surface area contributed by atoms with Gasteiger partial charge in [0.15, 0.2) is 11.0 Å². The summed E-state index contributed by atoms with van der Waals surface area (Å²) < 4.78 is 6.05. The molecule has 0 aliphatic carbocycles. The van der Waals surface area contributed by atoms with E-state index in [2.05, 4.69) is 10.2 Å². The lowest BCUT2D eigenvalue weighted by Crippen LogP contribution is -2.53. The van der Waals surface area contributed by atoms with E-state index in [-0.39, 0.29) is 28.6 Å². The quantitative estimate of drug-likeness (QED) is 0.360. The molecule has 2 aromatic heterocycles. The van der Waals surface area contributed by atoms with Gasteiger partial charge in [0.05, 0.1) is 23.2 Å². The van der Waals surface area contributed by atoms with E-state index in [4.69, 9.17) is 4.42 Å². The van der Waals surface area contributed by atoms with Gasteiger partial charge in [0.1, 0.15) is 10.6 Å². The molecule has 0 bridgehead atoms. The summed E-state index contributed by atoms with van der Waals surface area (Å²) >= 11 is 1.18. The second kappa shape index (κ2) is 7.68. The second-order valence-corrected chi connectivity index (χ2v) is 10.1. The molecule has 3 aromatic carbocycles. The second-order valence-electron chi connectivity index (χ2n) is 8.98. The highest BCUT2D eigenvalue weighted by Crippen LogP contribution is 2.54. The fourth-order valence-corrected chi connectivity index (χ4v) is 6.15. The highest BCUT2D eigenvalue weighted by molar-refractivity contribution is 7.15. The molecule has 1 spiro atoms. The van der Waals surface area contributed by atoms with Crippen LogP contribution in [0.1, 0.15) is 32.3 Å². The topological polar surface area (TPSA) is 96.6 Å². The van der Waals surface area contributed by atoms with Gasteiger partial charge in [0.25, 0.3) is 11.8 Å². The summed E-state index contributed by atoms with van der Waals surface area (Å²) in [5.41, 5.74) is 0.167. The maximum Gasteiger partial charge on any atom is 0.297 e. The summed E-state index contributed by atoms with van der Waals surface area (Å²) in [5, 5.41) is 9.47. The Morgan fingerprint density at radius 2 is 1.62 bits per heavy atom. The Kier molecular flexibility index (Phi) is 4.49. The predicted molar refractivity (Wildman–Crippen MR) is 139 cm³/mol. The predicted octanol–water partition coefficient (Wildman–Crippen LogP) is 4.40. The van der Waals surface area contributed by atoms with Gasteiger partial charge < -0.3 is 9.32 Å². The van der Waals surface area contributed by atoms with Crippen LogP contribution in [0.5, 0.6) is 0 Å². The first-order valence-corrected chi connectivity index (χ1v) is 12.5. The lowest BCUT2D eigenvalue weighted by molar-refractivity contribution is -0.121. The Hall–Kier alpha value is -4.63. The standard InChI is InChI=1S/C28H18N4O4S/c1-16-29-30-27(37-16)32-25(34)24-22(23(33)18-11-5-8-14-21(18)36-24)28(32)19-12-6-7-13-20(19)31(26(28)35)15-17-9-3-2-4-10-17/h2-14H,15H2,1H3. The van der Waals surface area contributed by atoms with Crippen molar-refractivity contribution < 1.29 is 14.0 Å². The molecule has 5 aromatic rings. The normalized spacial score (nSPS) is 18.2. The Morgan fingerprint density at radius 1 is 0.892 bits per heavy atom. The fourth-order valence-electron chi connectivity index (χ4n) is 5.41. The summed E-state index contributed by atoms with van der Waals surface area (Å²) in [5.74, 6) is -1.17.